The molecule has 4 heterocycles. The van der Waals surface area contributed by atoms with Crippen molar-refractivity contribution in [2.75, 3.05) is 0 Å². The van der Waals surface area contributed by atoms with E-state index in [4.69, 9.17) is 22.0 Å². The van der Waals surface area contributed by atoms with Crippen LogP contribution in [0.2, 0.25) is 0 Å². The maximum Gasteiger partial charge on any atom is 0.267 e. The average molecular weight is 948 g/mol. The number of halogens is 1. The molecule has 0 unspecified atom stereocenters. The van der Waals surface area contributed by atoms with Gasteiger partial charge in [-0.25, -0.2) is 36.7 Å². The van der Waals surface area contributed by atoms with Gasteiger partial charge in [0.05, 0.1) is 30.9 Å². The summed E-state index contributed by atoms with van der Waals surface area (Å²) in [6.07, 6.45) is 18.9. The van der Waals surface area contributed by atoms with E-state index in [0.29, 0.717) is 11.7 Å². The molecule has 3 N–H and O–H groups in total. The number of sulfonamides is 2. The van der Waals surface area contributed by atoms with Gasteiger partial charge in [-0.2, -0.15) is 20.7 Å². The molecule has 16 nitrogen and oxygen atoms in total. The lowest BCUT2D eigenvalue weighted by Gasteiger charge is -2.15. The first kappa shape index (κ1) is 47.4. The highest BCUT2D eigenvalue weighted by atomic mass is 35.5. The minimum atomic E-state index is -4.00. The van der Waals surface area contributed by atoms with Crippen molar-refractivity contribution in [1.82, 2.24) is 34.3 Å². The van der Waals surface area contributed by atoms with Gasteiger partial charge in [-0.05, 0) is 156 Å². The molecule has 4 aromatic heterocycles. The Balaban J connectivity index is 0.000000163. The molecule has 2 fully saturated rings. The molecule has 0 radical (unpaired) electrons. The Bertz CT molecular complexity index is 3150. The second kappa shape index (κ2) is 19.9. The summed E-state index contributed by atoms with van der Waals surface area (Å²) in [6, 6.07) is 19.9. The second-order valence-electron chi connectivity index (χ2n) is 16.3. The molecular formula is C47H47ClN10O6S2. The van der Waals surface area contributed by atoms with Gasteiger partial charge in [0.2, 0.25) is 21.2 Å². The number of nitrogens with one attached hydrogen (secondary N) is 1. The summed E-state index contributed by atoms with van der Waals surface area (Å²) in [6.45, 7) is 0. The Kier molecular flexibility index (Phi) is 14.3. The fraction of sp³-hybridized carbons (Fsp3) is 0.319. The monoisotopic (exact) mass is 946 g/mol. The molecule has 66 heavy (non-hydrogen) atoms. The standard InChI is InChI=1S/C23H21N5O3S.C17H13ClN2O.C6H9N3O2S.CH4/c24-12-17-10-16(8-9-25-17)21-7-4-15-2-1-3-20(15)22(21)11-23(29)27-32(30,31)19-13-26-28(14-19)18-5-6-18;18-17(21)9-16-14-3-1-2-11(14)4-5-15(16)12-6-7-20-13(8-12)10-19;7-12(10,11)6-3-8-9(4-6)5-1-2-5;/h4,7-10,13-14,18H,1-3,5-6,11H2,(H,27,29);4-8H,1-3,9H2;3-5H,1-2H2,(H2,7,10,11);1H4. The zero-order chi connectivity index (χ0) is 45.9. The number of benzene rings is 2. The summed E-state index contributed by atoms with van der Waals surface area (Å²) >= 11 is 5.63. The van der Waals surface area contributed by atoms with Crippen LogP contribution in [0.15, 0.2) is 95.5 Å². The number of pyridine rings is 2. The van der Waals surface area contributed by atoms with Crippen LogP contribution in [0.25, 0.3) is 22.3 Å². The van der Waals surface area contributed by atoms with E-state index in [1.807, 2.05) is 30.3 Å². The molecular weight excluding hydrogens is 900 g/mol. The van der Waals surface area contributed by atoms with Gasteiger partial charge in [-0.15, -0.1) is 0 Å². The Labute approximate surface area is 388 Å². The third-order valence-corrected chi connectivity index (χ3v) is 14.0. The largest absolute Gasteiger partial charge is 0.281 e. The molecule has 1 amide bonds. The summed E-state index contributed by atoms with van der Waals surface area (Å²) in [5.74, 6) is -0.597. The van der Waals surface area contributed by atoms with E-state index in [9.17, 15) is 31.7 Å². The highest BCUT2D eigenvalue weighted by molar-refractivity contribution is 7.90. The van der Waals surface area contributed by atoms with Gasteiger partial charge in [-0.1, -0.05) is 31.7 Å². The summed E-state index contributed by atoms with van der Waals surface area (Å²) < 4.78 is 52.6. The minimum absolute atomic E-state index is 0. The van der Waals surface area contributed by atoms with Gasteiger partial charge in [-0.3, -0.25) is 19.0 Å². The van der Waals surface area contributed by atoms with E-state index in [0.717, 1.165) is 103 Å². The van der Waals surface area contributed by atoms with Gasteiger partial charge >= 0.3 is 0 Å². The van der Waals surface area contributed by atoms with E-state index in [1.54, 1.807) is 40.0 Å². The maximum atomic E-state index is 12.9. The first-order valence-electron chi connectivity index (χ1n) is 21.1. The number of amides is 1. The topological polar surface area (TPSA) is 249 Å². The number of hydrogen-bond acceptors (Lipinski definition) is 12. The number of nitriles is 2. The van der Waals surface area contributed by atoms with E-state index in [1.165, 1.54) is 41.5 Å². The van der Waals surface area contributed by atoms with Crippen LogP contribution in [0.5, 0.6) is 0 Å². The van der Waals surface area contributed by atoms with Gasteiger partial charge in [0.25, 0.3) is 10.0 Å². The number of nitrogens with two attached hydrogens (primary N) is 1. The quantitative estimate of drug-likeness (QED) is 0.130. The average Bonchev–Trinajstić information content (AvgIpc) is 4.00. The predicted octanol–water partition coefficient (Wildman–Crippen LogP) is 6.61. The van der Waals surface area contributed by atoms with Crippen molar-refractivity contribution in [3.05, 3.63) is 130 Å². The molecule has 0 saturated heterocycles. The number of aryl methyl sites for hydroxylation is 2. The molecule has 2 saturated carbocycles. The second-order valence-corrected chi connectivity index (χ2v) is 20.0. The van der Waals surface area contributed by atoms with Crippen molar-refractivity contribution in [3.8, 4) is 34.4 Å². The summed E-state index contributed by atoms with van der Waals surface area (Å²) in [5, 5.41) is 30.8. The number of aromatic nitrogens is 6. The van der Waals surface area contributed by atoms with Crippen LogP contribution in [0.4, 0.5) is 0 Å². The van der Waals surface area contributed by atoms with Crippen LogP contribution in [-0.2, 0) is 68.2 Å². The Morgan fingerprint density at radius 2 is 1.18 bits per heavy atom. The van der Waals surface area contributed by atoms with Crippen LogP contribution in [0.3, 0.4) is 0 Å². The number of carbonyl (C=O) groups excluding carboxylic acids is 2. The third kappa shape index (κ3) is 11.1. The lowest BCUT2D eigenvalue weighted by atomic mass is 9.91. The van der Waals surface area contributed by atoms with Crippen molar-refractivity contribution in [2.24, 2.45) is 5.14 Å². The van der Waals surface area contributed by atoms with Crippen LogP contribution in [0.1, 0.15) is 103 Å². The molecule has 6 aromatic rings. The van der Waals surface area contributed by atoms with Gasteiger partial charge in [0.15, 0.2) is 0 Å². The SMILES string of the molecule is C.N#Cc1cc(-c2ccc3c(c2CC(=O)Cl)CCC3)ccn1.N#Cc1cc(-c2ccc3c(c2CC(=O)NS(=O)(=O)c2cnn(C4CC4)c2)CCC3)ccn1.NS(=O)(=O)c1cnn(C2CC2)c1. The third-order valence-electron chi connectivity index (χ3n) is 11.7. The highest BCUT2D eigenvalue weighted by Gasteiger charge is 2.29. The molecule has 10 rings (SSSR count). The zero-order valence-corrected chi connectivity index (χ0v) is 37.4. The number of nitrogens with zero attached hydrogens (tertiary/aromatic N) is 8. The Morgan fingerprint density at radius 1 is 0.712 bits per heavy atom. The van der Waals surface area contributed by atoms with E-state index >= 15 is 0 Å². The van der Waals surface area contributed by atoms with Crippen molar-refractivity contribution in [1.29, 1.82) is 10.5 Å². The minimum Gasteiger partial charge on any atom is -0.281 e. The maximum absolute atomic E-state index is 12.9. The lowest BCUT2D eigenvalue weighted by Crippen LogP contribution is -2.32. The Morgan fingerprint density at radius 3 is 1.62 bits per heavy atom. The molecule has 2 aromatic carbocycles. The molecule has 0 spiro atoms. The molecule has 0 bridgehead atoms. The van der Waals surface area contributed by atoms with Gasteiger partial charge < -0.3 is 0 Å². The molecule has 0 aliphatic heterocycles. The first-order chi connectivity index (χ1) is 31.2. The smallest absolute Gasteiger partial charge is 0.267 e. The van der Waals surface area contributed by atoms with Crippen LogP contribution >= 0.6 is 11.6 Å². The van der Waals surface area contributed by atoms with Gasteiger partial charge in [0, 0.05) is 31.2 Å². The molecule has 4 aliphatic carbocycles. The van der Waals surface area contributed by atoms with Crippen LogP contribution in [-0.4, -0.2) is 57.5 Å². The number of fused-ring (bicyclic) bond motifs is 2. The van der Waals surface area contributed by atoms with Crippen molar-refractivity contribution >= 4 is 42.8 Å². The van der Waals surface area contributed by atoms with Gasteiger partial charge in [0.1, 0.15) is 33.3 Å². The van der Waals surface area contributed by atoms with E-state index in [-0.39, 0.29) is 47.0 Å². The normalized spacial score (nSPS) is 14.7. The fourth-order valence-electron chi connectivity index (χ4n) is 8.30. The zero-order valence-electron chi connectivity index (χ0n) is 35.0. The first-order valence-corrected chi connectivity index (χ1v) is 24.5. The van der Waals surface area contributed by atoms with E-state index < -0.39 is 26.0 Å². The van der Waals surface area contributed by atoms with Crippen molar-refractivity contribution in [2.45, 2.75) is 106 Å². The van der Waals surface area contributed by atoms with E-state index in [2.05, 4.69) is 37.0 Å². The Hall–Kier alpha value is -6.57. The van der Waals surface area contributed by atoms with Crippen LogP contribution < -0.4 is 9.86 Å². The lowest BCUT2D eigenvalue weighted by molar-refractivity contribution is -0.118. The highest BCUT2D eigenvalue weighted by Crippen LogP contribution is 2.37. The summed E-state index contributed by atoms with van der Waals surface area (Å²) in [4.78, 5) is 32.4. The summed E-state index contributed by atoms with van der Waals surface area (Å²) in [5.41, 5.74) is 10.8. The number of primary sulfonamides is 1. The number of carbonyl (C=O) groups is 2. The number of rotatable bonds is 11. The summed E-state index contributed by atoms with van der Waals surface area (Å²) in [7, 11) is -7.57. The predicted molar refractivity (Wildman–Crippen MR) is 246 cm³/mol. The van der Waals surface area contributed by atoms with Crippen LogP contribution in [0, 0.1) is 22.7 Å². The molecule has 19 heteroatoms. The number of hydrogen-bond donors (Lipinski definition) is 2. The molecule has 0 atom stereocenters. The fourth-order valence-corrected chi connectivity index (χ4v) is 9.80. The molecule has 340 valence electrons. The van der Waals surface area contributed by atoms with Crippen molar-refractivity contribution in [3.63, 3.8) is 0 Å². The van der Waals surface area contributed by atoms with Crippen molar-refractivity contribution < 1.29 is 26.4 Å². The molecule has 4 aliphatic rings.